The fraction of sp³-hybridized carbons (Fsp3) is 0.357. The maximum absolute atomic E-state index is 11.6. The lowest BCUT2D eigenvalue weighted by atomic mass is 10.1. The van der Waals surface area contributed by atoms with Crippen molar-refractivity contribution in [2.45, 2.75) is 19.3 Å². The summed E-state index contributed by atoms with van der Waals surface area (Å²) in [6.45, 7) is 0.157. The van der Waals surface area contributed by atoms with Crippen molar-refractivity contribution in [3.05, 3.63) is 39.0 Å². The van der Waals surface area contributed by atoms with E-state index < -0.39 is 0 Å². The average Bonchev–Trinajstić information content (AvgIpc) is 3.14. The molecule has 0 aliphatic heterocycles. The van der Waals surface area contributed by atoms with Gasteiger partial charge in [0.25, 0.3) is 0 Å². The van der Waals surface area contributed by atoms with Gasteiger partial charge in [0.1, 0.15) is 6.61 Å². The average molecular weight is 306 g/mol. The van der Waals surface area contributed by atoms with Crippen molar-refractivity contribution < 1.29 is 9.53 Å². The highest BCUT2D eigenvalue weighted by Crippen LogP contribution is 2.15. The van der Waals surface area contributed by atoms with Gasteiger partial charge in [-0.2, -0.15) is 5.26 Å². The molecule has 0 aromatic carbocycles. The van der Waals surface area contributed by atoms with Crippen LogP contribution in [0.5, 0.6) is 0 Å². The fourth-order valence-corrected chi connectivity index (χ4v) is 3.05. The van der Waals surface area contributed by atoms with Crippen molar-refractivity contribution in [2.75, 3.05) is 6.61 Å². The Balaban J connectivity index is 1.70. The third-order valence-corrected chi connectivity index (χ3v) is 4.26. The van der Waals surface area contributed by atoms with Gasteiger partial charge in [0.2, 0.25) is 0 Å². The van der Waals surface area contributed by atoms with E-state index in [1.165, 1.54) is 11.3 Å². The molecule has 0 bridgehead atoms. The molecule has 6 heteroatoms. The van der Waals surface area contributed by atoms with E-state index in [2.05, 4.69) is 11.1 Å². The molecule has 20 heavy (non-hydrogen) atoms. The number of thiophene rings is 1. The lowest BCUT2D eigenvalue weighted by Gasteiger charge is -2.08. The molecule has 0 amide bonds. The maximum atomic E-state index is 11.6. The number of ether oxygens (including phenoxy) is 1. The van der Waals surface area contributed by atoms with Gasteiger partial charge in [0, 0.05) is 23.1 Å². The standard InChI is InChI=1S/C14H14N2O2S2/c15-7-11(6-13-2-1-5-20-13)8-18-14(17)4-3-12-9-19-10-16-12/h1-2,5,9-11H,3-4,6,8H2. The lowest BCUT2D eigenvalue weighted by Crippen LogP contribution is -2.15. The quantitative estimate of drug-likeness (QED) is 0.738. The van der Waals surface area contributed by atoms with Gasteiger partial charge in [-0.3, -0.25) is 4.79 Å². The number of aromatic nitrogens is 1. The van der Waals surface area contributed by atoms with E-state index in [0.717, 1.165) is 10.6 Å². The van der Waals surface area contributed by atoms with Crippen molar-refractivity contribution in [3.8, 4) is 6.07 Å². The number of nitriles is 1. The first kappa shape index (κ1) is 14.7. The smallest absolute Gasteiger partial charge is 0.306 e. The van der Waals surface area contributed by atoms with Crippen LogP contribution in [0.1, 0.15) is 17.0 Å². The fourth-order valence-electron chi connectivity index (χ4n) is 1.67. The van der Waals surface area contributed by atoms with Crippen LogP contribution in [0.25, 0.3) is 0 Å². The van der Waals surface area contributed by atoms with Crippen LogP contribution >= 0.6 is 22.7 Å². The second-order valence-electron chi connectivity index (χ2n) is 4.27. The molecule has 2 rings (SSSR count). The van der Waals surface area contributed by atoms with Gasteiger partial charge < -0.3 is 4.74 Å². The molecule has 4 nitrogen and oxygen atoms in total. The highest BCUT2D eigenvalue weighted by Gasteiger charge is 2.13. The Hall–Kier alpha value is -1.71. The summed E-state index contributed by atoms with van der Waals surface area (Å²) in [7, 11) is 0. The first-order chi connectivity index (χ1) is 9.78. The highest BCUT2D eigenvalue weighted by molar-refractivity contribution is 7.09. The molecule has 1 atom stereocenters. The van der Waals surface area contributed by atoms with E-state index in [1.54, 1.807) is 16.8 Å². The van der Waals surface area contributed by atoms with Crippen molar-refractivity contribution >= 4 is 28.6 Å². The normalized spacial score (nSPS) is 11.8. The number of aryl methyl sites for hydroxylation is 1. The van der Waals surface area contributed by atoms with Gasteiger partial charge in [-0.1, -0.05) is 6.07 Å². The van der Waals surface area contributed by atoms with Crippen LogP contribution in [-0.4, -0.2) is 17.6 Å². The molecule has 0 fully saturated rings. The van der Waals surface area contributed by atoms with Gasteiger partial charge in [-0.05, 0) is 11.4 Å². The summed E-state index contributed by atoms with van der Waals surface area (Å²) < 4.78 is 5.16. The Morgan fingerprint density at radius 1 is 1.55 bits per heavy atom. The number of carbonyl (C=O) groups excluding carboxylic acids is 1. The Bertz CT molecular complexity index is 559. The zero-order valence-electron chi connectivity index (χ0n) is 10.8. The molecule has 0 aliphatic carbocycles. The molecule has 0 spiro atoms. The van der Waals surface area contributed by atoms with Crippen molar-refractivity contribution in [1.29, 1.82) is 5.26 Å². The Morgan fingerprint density at radius 2 is 2.45 bits per heavy atom. The summed E-state index contributed by atoms with van der Waals surface area (Å²) in [5.41, 5.74) is 2.65. The number of carbonyl (C=O) groups is 1. The SMILES string of the molecule is N#CC(COC(=O)CCc1cscn1)Cc1cccs1. The molecule has 104 valence electrons. The van der Waals surface area contributed by atoms with Gasteiger partial charge in [0.05, 0.1) is 29.6 Å². The van der Waals surface area contributed by atoms with Crippen LogP contribution in [-0.2, 0) is 22.4 Å². The van der Waals surface area contributed by atoms with E-state index in [9.17, 15) is 4.79 Å². The molecule has 0 saturated carbocycles. The van der Waals surface area contributed by atoms with Crippen LogP contribution in [0.4, 0.5) is 0 Å². The number of hydrogen-bond acceptors (Lipinski definition) is 6. The van der Waals surface area contributed by atoms with Gasteiger partial charge in [0.15, 0.2) is 0 Å². The van der Waals surface area contributed by atoms with Crippen molar-refractivity contribution in [1.82, 2.24) is 4.98 Å². The first-order valence-corrected chi connectivity index (χ1v) is 8.05. The number of nitrogens with zero attached hydrogens (tertiary/aromatic N) is 2. The molecule has 2 heterocycles. The summed E-state index contributed by atoms with van der Waals surface area (Å²) >= 11 is 3.12. The molecule has 0 saturated heterocycles. The molecule has 2 aromatic rings. The maximum Gasteiger partial charge on any atom is 0.306 e. The predicted molar refractivity (Wildman–Crippen MR) is 78.5 cm³/mol. The molecular weight excluding hydrogens is 292 g/mol. The number of thiazole rings is 1. The zero-order valence-corrected chi connectivity index (χ0v) is 12.5. The molecular formula is C14H14N2O2S2. The summed E-state index contributed by atoms with van der Waals surface area (Å²) in [5, 5.41) is 13.0. The molecule has 0 radical (unpaired) electrons. The monoisotopic (exact) mass is 306 g/mol. The van der Waals surface area contributed by atoms with Crippen LogP contribution in [0.3, 0.4) is 0 Å². The van der Waals surface area contributed by atoms with E-state index in [1.807, 2.05) is 22.9 Å². The minimum atomic E-state index is -0.281. The molecule has 0 N–H and O–H groups in total. The van der Waals surface area contributed by atoms with E-state index in [-0.39, 0.29) is 18.5 Å². The summed E-state index contributed by atoms with van der Waals surface area (Å²) in [4.78, 5) is 16.9. The molecule has 0 aliphatic rings. The van der Waals surface area contributed by atoms with Crippen molar-refractivity contribution in [2.24, 2.45) is 5.92 Å². The van der Waals surface area contributed by atoms with E-state index in [0.29, 0.717) is 19.3 Å². The largest absolute Gasteiger partial charge is 0.464 e. The summed E-state index contributed by atoms with van der Waals surface area (Å²) in [6.07, 6.45) is 1.53. The lowest BCUT2D eigenvalue weighted by molar-refractivity contribution is -0.144. The number of esters is 1. The molecule has 2 aromatic heterocycles. The van der Waals surface area contributed by atoms with E-state index >= 15 is 0 Å². The number of rotatable bonds is 7. The van der Waals surface area contributed by atoms with Crippen LogP contribution < -0.4 is 0 Å². The first-order valence-electron chi connectivity index (χ1n) is 6.22. The van der Waals surface area contributed by atoms with Crippen molar-refractivity contribution in [3.63, 3.8) is 0 Å². The minimum absolute atomic E-state index is 0.157. The molecule has 1 unspecified atom stereocenters. The van der Waals surface area contributed by atoms with Crippen LogP contribution in [0.2, 0.25) is 0 Å². The van der Waals surface area contributed by atoms with Crippen LogP contribution in [0.15, 0.2) is 28.4 Å². The zero-order chi connectivity index (χ0) is 14.2. The Kier molecular flexibility index (Phi) is 5.71. The summed E-state index contributed by atoms with van der Waals surface area (Å²) in [6, 6.07) is 6.12. The Labute approximate surface area is 125 Å². The third-order valence-electron chi connectivity index (χ3n) is 2.72. The second kappa shape index (κ2) is 7.78. The van der Waals surface area contributed by atoms with E-state index in [4.69, 9.17) is 10.00 Å². The highest BCUT2D eigenvalue weighted by atomic mass is 32.1. The van der Waals surface area contributed by atoms with Gasteiger partial charge in [-0.25, -0.2) is 4.98 Å². The summed E-state index contributed by atoms with van der Waals surface area (Å²) in [5.74, 6) is -0.554. The van der Waals surface area contributed by atoms with Gasteiger partial charge in [-0.15, -0.1) is 22.7 Å². The van der Waals surface area contributed by atoms with Crippen LogP contribution in [0, 0.1) is 17.2 Å². The van der Waals surface area contributed by atoms with Gasteiger partial charge >= 0.3 is 5.97 Å². The number of hydrogen-bond donors (Lipinski definition) is 0. The topological polar surface area (TPSA) is 63.0 Å². The Morgan fingerprint density at radius 3 is 3.10 bits per heavy atom. The predicted octanol–water partition coefficient (Wildman–Crippen LogP) is 3.06. The minimum Gasteiger partial charge on any atom is -0.464 e. The second-order valence-corrected chi connectivity index (χ2v) is 6.02. The third kappa shape index (κ3) is 4.76.